The Balaban J connectivity index is 1.79. The highest BCUT2D eigenvalue weighted by Gasteiger charge is 2.53. The molecular weight excluding hydrogens is 396 g/mol. The van der Waals surface area contributed by atoms with E-state index >= 15 is 0 Å². The normalized spacial score (nSPS) is 23.0. The maximum atomic E-state index is 12.8. The molecule has 1 heterocycles. The average molecular weight is 427 g/mol. The van der Waals surface area contributed by atoms with Crippen molar-refractivity contribution < 1.29 is 14.3 Å². The quantitative estimate of drug-likeness (QED) is 0.259. The van der Waals surface area contributed by atoms with Crippen LogP contribution in [0.2, 0.25) is 0 Å². The van der Waals surface area contributed by atoms with Gasteiger partial charge in [-0.05, 0) is 30.5 Å². The highest BCUT2D eigenvalue weighted by molar-refractivity contribution is 5.82. The molecule has 1 fully saturated rings. The second-order valence-electron chi connectivity index (χ2n) is 8.81. The first-order chi connectivity index (χ1) is 15.4. The Kier molecular flexibility index (Phi) is 6.03. The van der Waals surface area contributed by atoms with Gasteiger partial charge >= 0.3 is 5.97 Å². The van der Waals surface area contributed by atoms with E-state index in [1.54, 1.807) is 0 Å². The smallest absolute Gasteiger partial charge is 0.316 e. The van der Waals surface area contributed by atoms with Crippen LogP contribution < -0.4 is 0 Å². The third-order valence-corrected chi connectivity index (χ3v) is 7.04. The number of hydrogen-bond donors (Lipinski definition) is 0. The molecule has 0 N–H and O–H groups in total. The molecule has 1 aliphatic rings. The molecule has 3 aromatic carbocycles. The molecule has 4 rings (SSSR count). The maximum Gasteiger partial charge on any atom is 0.316 e. The van der Waals surface area contributed by atoms with Crippen LogP contribution in [0.25, 0.3) is 0 Å². The lowest BCUT2D eigenvalue weighted by molar-refractivity contribution is -0.149. The Labute approximate surface area is 190 Å². The van der Waals surface area contributed by atoms with E-state index in [0.717, 1.165) is 22.3 Å². The lowest BCUT2D eigenvalue weighted by Gasteiger charge is -2.37. The van der Waals surface area contributed by atoms with E-state index in [-0.39, 0.29) is 24.6 Å². The third-order valence-electron chi connectivity index (χ3n) is 7.04. The Morgan fingerprint density at radius 3 is 1.66 bits per heavy atom. The van der Waals surface area contributed by atoms with Gasteiger partial charge in [0.2, 0.25) is 0 Å². The van der Waals surface area contributed by atoms with Crippen molar-refractivity contribution in [1.82, 2.24) is 0 Å². The Morgan fingerprint density at radius 1 is 0.906 bits per heavy atom. The molecule has 0 unspecified atom stereocenters. The van der Waals surface area contributed by atoms with E-state index in [4.69, 9.17) is 9.47 Å². The summed E-state index contributed by atoms with van der Waals surface area (Å²) >= 11 is 0. The SMILES string of the molecule is C=C(C)[C@]1(C)C(=O)O[C@H](COC(c2ccccc2)(c2ccccc2)c2ccccc2)[C@H]1C. The molecule has 0 spiro atoms. The molecule has 3 aromatic rings. The first kappa shape index (κ1) is 22.0. The zero-order valence-corrected chi connectivity index (χ0v) is 19.0. The molecule has 3 heteroatoms. The number of esters is 1. The van der Waals surface area contributed by atoms with Gasteiger partial charge in [-0.2, -0.15) is 0 Å². The number of ether oxygens (including phenoxy) is 2. The summed E-state index contributed by atoms with van der Waals surface area (Å²) < 4.78 is 12.7. The summed E-state index contributed by atoms with van der Waals surface area (Å²) in [4.78, 5) is 12.8. The minimum Gasteiger partial charge on any atom is -0.459 e. The van der Waals surface area contributed by atoms with Gasteiger partial charge in [0.05, 0.1) is 12.0 Å². The van der Waals surface area contributed by atoms with Gasteiger partial charge in [-0.15, -0.1) is 0 Å². The van der Waals surface area contributed by atoms with Crippen molar-refractivity contribution in [3.8, 4) is 0 Å². The topological polar surface area (TPSA) is 35.5 Å². The molecule has 3 atom stereocenters. The third kappa shape index (κ3) is 3.57. The summed E-state index contributed by atoms with van der Waals surface area (Å²) in [7, 11) is 0. The van der Waals surface area contributed by atoms with Crippen molar-refractivity contribution >= 4 is 5.97 Å². The maximum absolute atomic E-state index is 12.8. The molecule has 32 heavy (non-hydrogen) atoms. The van der Waals surface area contributed by atoms with Crippen molar-refractivity contribution in [1.29, 1.82) is 0 Å². The first-order valence-electron chi connectivity index (χ1n) is 11.1. The second kappa shape index (κ2) is 8.76. The molecule has 1 aliphatic heterocycles. The van der Waals surface area contributed by atoms with E-state index in [1.807, 2.05) is 75.4 Å². The van der Waals surface area contributed by atoms with Gasteiger partial charge in [-0.3, -0.25) is 4.79 Å². The summed E-state index contributed by atoms with van der Waals surface area (Å²) in [6.45, 7) is 10.2. The molecule has 0 bridgehead atoms. The number of carbonyl (C=O) groups excluding carboxylic acids is 1. The highest BCUT2D eigenvalue weighted by Crippen LogP contribution is 2.46. The largest absolute Gasteiger partial charge is 0.459 e. The van der Waals surface area contributed by atoms with Crippen molar-refractivity contribution in [3.63, 3.8) is 0 Å². The molecule has 3 nitrogen and oxygen atoms in total. The predicted octanol–water partition coefficient (Wildman–Crippen LogP) is 6.14. The molecule has 164 valence electrons. The van der Waals surface area contributed by atoms with E-state index in [9.17, 15) is 4.79 Å². The van der Waals surface area contributed by atoms with Gasteiger partial charge in [-0.1, -0.05) is 110 Å². The van der Waals surface area contributed by atoms with Gasteiger partial charge in [0.25, 0.3) is 0 Å². The van der Waals surface area contributed by atoms with Crippen LogP contribution in [0.4, 0.5) is 0 Å². The van der Waals surface area contributed by atoms with Gasteiger partial charge in [0, 0.05) is 5.92 Å². The van der Waals surface area contributed by atoms with E-state index in [2.05, 4.69) is 43.0 Å². The minimum absolute atomic E-state index is 0.0486. The zero-order chi connectivity index (χ0) is 22.8. The van der Waals surface area contributed by atoms with E-state index in [1.165, 1.54) is 0 Å². The monoisotopic (exact) mass is 426 g/mol. The Bertz CT molecular complexity index is 978. The van der Waals surface area contributed by atoms with E-state index in [0.29, 0.717) is 0 Å². The molecule has 0 saturated carbocycles. The lowest BCUT2D eigenvalue weighted by atomic mass is 9.73. The number of rotatable bonds is 7. The number of carbonyl (C=O) groups is 1. The van der Waals surface area contributed by atoms with Crippen LogP contribution in [0.1, 0.15) is 37.5 Å². The average Bonchev–Trinajstić information content (AvgIpc) is 3.06. The molecule has 0 amide bonds. The summed E-state index contributed by atoms with van der Waals surface area (Å²) in [5.74, 6) is -0.275. The van der Waals surface area contributed by atoms with Crippen LogP contribution >= 0.6 is 0 Å². The number of hydrogen-bond acceptors (Lipinski definition) is 3. The predicted molar refractivity (Wildman–Crippen MR) is 127 cm³/mol. The fourth-order valence-electron chi connectivity index (χ4n) is 4.64. The van der Waals surface area contributed by atoms with Crippen molar-refractivity contribution in [3.05, 3.63) is 120 Å². The molecule has 1 saturated heterocycles. The van der Waals surface area contributed by atoms with Gasteiger partial charge < -0.3 is 9.47 Å². The first-order valence-corrected chi connectivity index (χ1v) is 11.1. The van der Waals surface area contributed by atoms with Crippen LogP contribution in [0.3, 0.4) is 0 Å². The van der Waals surface area contributed by atoms with Crippen LogP contribution in [0.15, 0.2) is 103 Å². The Morgan fingerprint density at radius 2 is 1.31 bits per heavy atom. The second-order valence-corrected chi connectivity index (χ2v) is 8.81. The lowest BCUT2D eigenvalue weighted by Crippen LogP contribution is -2.38. The van der Waals surface area contributed by atoms with Crippen molar-refractivity contribution in [2.75, 3.05) is 6.61 Å². The molecular formula is C29H30O3. The van der Waals surface area contributed by atoms with Crippen LogP contribution in [0, 0.1) is 11.3 Å². The highest BCUT2D eigenvalue weighted by atomic mass is 16.6. The summed E-state index contributed by atoms with van der Waals surface area (Å²) in [6.07, 6.45) is -0.361. The number of benzene rings is 3. The molecule has 0 radical (unpaired) electrons. The molecule has 0 aliphatic carbocycles. The Hall–Kier alpha value is -3.17. The van der Waals surface area contributed by atoms with Crippen LogP contribution in [-0.4, -0.2) is 18.7 Å². The van der Waals surface area contributed by atoms with E-state index < -0.39 is 11.0 Å². The van der Waals surface area contributed by atoms with Gasteiger partial charge in [-0.25, -0.2) is 0 Å². The number of cyclic esters (lactones) is 1. The minimum atomic E-state index is -0.835. The zero-order valence-electron chi connectivity index (χ0n) is 19.0. The van der Waals surface area contributed by atoms with Gasteiger partial charge in [0.1, 0.15) is 11.7 Å². The molecule has 0 aromatic heterocycles. The summed E-state index contributed by atoms with van der Waals surface area (Å²) in [5.41, 5.74) is 2.35. The fraction of sp³-hybridized carbons (Fsp3) is 0.276. The van der Waals surface area contributed by atoms with Crippen LogP contribution in [0.5, 0.6) is 0 Å². The summed E-state index contributed by atoms with van der Waals surface area (Å²) in [5, 5.41) is 0. The fourth-order valence-corrected chi connectivity index (χ4v) is 4.64. The van der Waals surface area contributed by atoms with Crippen LogP contribution in [-0.2, 0) is 19.9 Å². The van der Waals surface area contributed by atoms with Crippen molar-refractivity contribution in [2.24, 2.45) is 11.3 Å². The van der Waals surface area contributed by atoms with Crippen molar-refractivity contribution in [2.45, 2.75) is 32.5 Å². The van der Waals surface area contributed by atoms with Gasteiger partial charge in [0.15, 0.2) is 0 Å². The summed E-state index contributed by atoms with van der Waals surface area (Å²) in [6, 6.07) is 30.7. The standard InChI is InChI=1S/C29H30O3/c1-21(2)28(4)22(3)26(32-27(28)30)20-31-29(23-14-8-5-9-15-23,24-16-10-6-11-17-24)25-18-12-7-13-19-25/h5-19,22,26H,1,20H2,2-4H3/t22-,26-,28+/m1/s1.